The predicted octanol–water partition coefficient (Wildman–Crippen LogP) is -0.102. The third-order valence-corrected chi connectivity index (χ3v) is 2.22. The zero-order chi connectivity index (χ0) is 13.7. The third kappa shape index (κ3) is 3.56. The minimum absolute atomic E-state index is 0.215. The van der Waals surface area contributed by atoms with Crippen LogP contribution in [-0.4, -0.2) is 31.0 Å². The van der Waals surface area contributed by atoms with E-state index in [2.05, 4.69) is 20.7 Å². The number of aromatic nitrogens is 4. The molecule has 9 nitrogen and oxygen atoms in total. The van der Waals surface area contributed by atoms with Gasteiger partial charge in [-0.3, -0.25) is 4.79 Å². The Morgan fingerprint density at radius 2 is 2.11 bits per heavy atom. The van der Waals surface area contributed by atoms with Gasteiger partial charge >= 0.3 is 5.95 Å². The lowest BCUT2D eigenvalue weighted by Crippen LogP contribution is -2.28. The molecule has 1 aromatic carbocycles. The van der Waals surface area contributed by atoms with E-state index in [-0.39, 0.29) is 12.5 Å². The van der Waals surface area contributed by atoms with E-state index in [1.54, 1.807) is 0 Å². The SMILES string of the molecule is O=C(Cn1nnc([N+](=O)[O-])n1)NCc1ccccc1. The van der Waals surface area contributed by atoms with Crippen LogP contribution in [0.3, 0.4) is 0 Å². The molecule has 1 N–H and O–H groups in total. The van der Waals surface area contributed by atoms with Crippen molar-refractivity contribution in [1.82, 2.24) is 25.5 Å². The van der Waals surface area contributed by atoms with Crippen molar-refractivity contribution in [2.75, 3.05) is 0 Å². The first-order valence-electron chi connectivity index (χ1n) is 5.38. The second-order valence-electron chi connectivity index (χ2n) is 3.64. The molecular formula is C10H10N6O3. The fourth-order valence-electron chi connectivity index (χ4n) is 1.36. The molecular weight excluding hydrogens is 252 g/mol. The van der Waals surface area contributed by atoms with E-state index < -0.39 is 10.9 Å². The van der Waals surface area contributed by atoms with Crippen molar-refractivity contribution in [3.8, 4) is 0 Å². The van der Waals surface area contributed by atoms with Crippen LogP contribution in [0.5, 0.6) is 0 Å². The first kappa shape index (κ1) is 12.6. The monoisotopic (exact) mass is 262 g/mol. The smallest absolute Gasteiger partial charge is 0.390 e. The van der Waals surface area contributed by atoms with Crippen molar-refractivity contribution in [2.45, 2.75) is 13.1 Å². The second kappa shape index (κ2) is 5.67. The molecule has 0 atom stereocenters. The Hall–Kier alpha value is -2.84. The molecule has 0 aliphatic carbocycles. The summed E-state index contributed by atoms with van der Waals surface area (Å²) in [4.78, 5) is 22.0. The number of nitro groups is 1. The Balaban J connectivity index is 1.85. The Bertz CT molecular complexity index is 582. The molecule has 0 spiro atoms. The van der Waals surface area contributed by atoms with E-state index in [1.165, 1.54) is 0 Å². The number of hydrogen-bond donors (Lipinski definition) is 1. The lowest BCUT2D eigenvalue weighted by atomic mass is 10.2. The van der Waals surface area contributed by atoms with Gasteiger partial charge in [0.05, 0.1) is 10.2 Å². The van der Waals surface area contributed by atoms with Gasteiger partial charge < -0.3 is 15.4 Å². The predicted molar refractivity (Wildman–Crippen MR) is 62.8 cm³/mol. The standard InChI is InChI=1S/C10H10N6O3/c17-9(11-6-8-4-2-1-3-5-8)7-15-13-10(12-14-15)16(18)19/h1-5H,6-7H2,(H,11,17). The van der Waals surface area contributed by atoms with Crippen molar-refractivity contribution >= 4 is 11.9 Å². The van der Waals surface area contributed by atoms with Crippen LogP contribution in [0.25, 0.3) is 0 Å². The summed E-state index contributed by atoms with van der Waals surface area (Å²) < 4.78 is 0. The summed E-state index contributed by atoms with van der Waals surface area (Å²) in [6.45, 7) is 0.157. The summed E-state index contributed by atoms with van der Waals surface area (Å²) >= 11 is 0. The summed E-state index contributed by atoms with van der Waals surface area (Å²) in [5.41, 5.74) is 0.952. The molecule has 0 aliphatic heterocycles. The Kier molecular flexibility index (Phi) is 3.76. The number of benzene rings is 1. The highest BCUT2D eigenvalue weighted by atomic mass is 16.6. The van der Waals surface area contributed by atoms with E-state index in [0.717, 1.165) is 10.4 Å². The number of tetrazole rings is 1. The molecule has 0 bridgehead atoms. The first-order valence-corrected chi connectivity index (χ1v) is 5.38. The normalized spacial score (nSPS) is 10.1. The van der Waals surface area contributed by atoms with Gasteiger partial charge in [0, 0.05) is 11.8 Å². The zero-order valence-electron chi connectivity index (χ0n) is 9.76. The molecule has 0 saturated carbocycles. The molecule has 1 heterocycles. The minimum atomic E-state index is -0.772. The van der Waals surface area contributed by atoms with Crippen LogP contribution in [0.4, 0.5) is 5.95 Å². The number of hydrogen-bond acceptors (Lipinski definition) is 6. The van der Waals surface area contributed by atoms with Crippen LogP contribution >= 0.6 is 0 Å². The van der Waals surface area contributed by atoms with E-state index in [4.69, 9.17) is 0 Å². The first-order chi connectivity index (χ1) is 9.15. The summed E-state index contributed by atoms with van der Waals surface area (Å²) in [6.07, 6.45) is 0. The maximum absolute atomic E-state index is 11.6. The summed E-state index contributed by atoms with van der Waals surface area (Å²) in [6, 6.07) is 9.36. The topological polar surface area (TPSA) is 116 Å². The van der Waals surface area contributed by atoms with Crippen LogP contribution in [0, 0.1) is 10.1 Å². The molecule has 19 heavy (non-hydrogen) atoms. The van der Waals surface area contributed by atoms with E-state index in [1.807, 2.05) is 30.3 Å². The summed E-state index contributed by atoms with van der Waals surface area (Å²) in [5.74, 6) is -0.980. The number of nitrogens with one attached hydrogen (secondary N) is 1. The minimum Gasteiger partial charge on any atom is -0.390 e. The lowest BCUT2D eigenvalue weighted by Gasteiger charge is -2.02. The average Bonchev–Trinajstić information content (AvgIpc) is 2.86. The van der Waals surface area contributed by atoms with Gasteiger partial charge in [-0.15, -0.1) is 0 Å². The quantitative estimate of drug-likeness (QED) is 0.594. The molecule has 2 aromatic rings. The van der Waals surface area contributed by atoms with Crippen molar-refractivity contribution in [3.63, 3.8) is 0 Å². The van der Waals surface area contributed by atoms with Crippen LogP contribution in [0.1, 0.15) is 5.56 Å². The molecule has 9 heteroatoms. The van der Waals surface area contributed by atoms with E-state index in [9.17, 15) is 14.9 Å². The second-order valence-corrected chi connectivity index (χ2v) is 3.64. The fraction of sp³-hybridized carbons (Fsp3) is 0.200. The Labute approximate surface area is 107 Å². The Morgan fingerprint density at radius 1 is 1.37 bits per heavy atom. The Morgan fingerprint density at radius 3 is 2.74 bits per heavy atom. The van der Waals surface area contributed by atoms with Gasteiger partial charge in [0.25, 0.3) is 0 Å². The summed E-state index contributed by atoms with van der Waals surface area (Å²) in [7, 11) is 0. The molecule has 0 saturated heterocycles. The molecule has 0 fully saturated rings. The van der Waals surface area contributed by atoms with Crippen molar-refractivity contribution in [1.29, 1.82) is 0 Å². The number of amides is 1. The maximum atomic E-state index is 11.6. The van der Waals surface area contributed by atoms with Gasteiger partial charge in [-0.2, -0.15) is 0 Å². The van der Waals surface area contributed by atoms with Gasteiger partial charge in [-0.05, 0) is 10.5 Å². The van der Waals surface area contributed by atoms with Crippen molar-refractivity contribution in [2.24, 2.45) is 0 Å². The highest BCUT2D eigenvalue weighted by Gasteiger charge is 2.16. The van der Waals surface area contributed by atoms with Crippen LogP contribution in [-0.2, 0) is 17.9 Å². The zero-order valence-corrected chi connectivity index (χ0v) is 9.76. The van der Waals surface area contributed by atoms with Crippen LogP contribution in [0.2, 0.25) is 0 Å². The molecule has 0 unspecified atom stereocenters. The van der Waals surface area contributed by atoms with Crippen molar-refractivity contribution in [3.05, 3.63) is 46.0 Å². The molecule has 1 amide bonds. The summed E-state index contributed by atoms with van der Waals surface area (Å²) in [5, 5.41) is 23.0. The number of rotatable bonds is 5. The highest BCUT2D eigenvalue weighted by Crippen LogP contribution is 1.98. The maximum Gasteiger partial charge on any atom is 0.514 e. The largest absolute Gasteiger partial charge is 0.514 e. The molecule has 98 valence electrons. The molecule has 0 aliphatic rings. The molecule has 0 radical (unpaired) electrons. The lowest BCUT2D eigenvalue weighted by molar-refractivity contribution is -0.394. The number of nitrogens with zero attached hydrogens (tertiary/aromatic N) is 5. The van der Waals surface area contributed by atoms with Crippen LogP contribution in [0.15, 0.2) is 30.3 Å². The number of carbonyl (C=O) groups is 1. The number of carbonyl (C=O) groups excluding carboxylic acids is 1. The highest BCUT2D eigenvalue weighted by molar-refractivity contribution is 5.75. The molecule has 1 aromatic heterocycles. The van der Waals surface area contributed by atoms with Crippen LogP contribution < -0.4 is 5.32 Å². The van der Waals surface area contributed by atoms with Gasteiger partial charge in [0.15, 0.2) is 6.54 Å². The van der Waals surface area contributed by atoms with Crippen molar-refractivity contribution < 1.29 is 9.72 Å². The van der Waals surface area contributed by atoms with E-state index >= 15 is 0 Å². The van der Waals surface area contributed by atoms with E-state index in [0.29, 0.717) is 6.54 Å². The van der Waals surface area contributed by atoms with Gasteiger partial charge in [-0.1, -0.05) is 35.1 Å². The third-order valence-electron chi connectivity index (χ3n) is 2.22. The average molecular weight is 262 g/mol. The van der Waals surface area contributed by atoms with Gasteiger partial charge in [-0.25, -0.2) is 0 Å². The van der Waals surface area contributed by atoms with Gasteiger partial charge in [0.2, 0.25) is 5.91 Å². The van der Waals surface area contributed by atoms with Gasteiger partial charge in [0.1, 0.15) is 0 Å². The fourth-order valence-corrected chi connectivity index (χ4v) is 1.36. The molecule has 2 rings (SSSR count).